The van der Waals surface area contributed by atoms with Gasteiger partial charge < -0.3 is 20.1 Å². The van der Waals surface area contributed by atoms with Gasteiger partial charge in [0.15, 0.2) is 5.82 Å². The van der Waals surface area contributed by atoms with Gasteiger partial charge in [-0.15, -0.1) is 0 Å². The van der Waals surface area contributed by atoms with Gasteiger partial charge in [-0.3, -0.25) is 9.55 Å². The maximum atomic E-state index is 5.61. The van der Waals surface area contributed by atoms with Crippen molar-refractivity contribution in [3.63, 3.8) is 0 Å². The summed E-state index contributed by atoms with van der Waals surface area (Å²) in [6, 6.07) is 5.99. The fourth-order valence-electron chi connectivity index (χ4n) is 3.42. The quantitative estimate of drug-likeness (QED) is 0.688. The van der Waals surface area contributed by atoms with E-state index in [-0.39, 0.29) is 12.1 Å². The van der Waals surface area contributed by atoms with Crippen molar-refractivity contribution in [2.24, 2.45) is 0 Å². The Labute approximate surface area is 157 Å². The van der Waals surface area contributed by atoms with Gasteiger partial charge in [0.2, 0.25) is 0 Å². The molecule has 0 amide bonds. The van der Waals surface area contributed by atoms with Crippen LogP contribution in [0.3, 0.4) is 0 Å². The summed E-state index contributed by atoms with van der Waals surface area (Å²) in [5, 5.41) is 6.83. The highest BCUT2D eigenvalue weighted by Crippen LogP contribution is 2.23. The Morgan fingerprint density at radius 2 is 2.26 bits per heavy atom. The predicted octanol–water partition coefficient (Wildman–Crippen LogP) is 2.00. The van der Waals surface area contributed by atoms with E-state index in [1.165, 1.54) is 0 Å². The first-order valence-corrected chi connectivity index (χ1v) is 9.21. The second kappa shape index (κ2) is 7.89. The highest BCUT2D eigenvalue weighted by molar-refractivity contribution is 5.78. The Bertz CT molecular complexity index is 912. The van der Waals surface area contributed by atoms with E-state index < -0.39 is 0 Å². The summed E-state index contributed by atoms with van der Waals surface area (Å²) in [5.41, 5.74) is 1.82. The molecule has 0 spiro atoms. The molecule has 3 aromatic rings. The fraction of sp³-hybridized carbons (Fsp3) is 0.421. The molecule has 1 aliphatic heterocycles. The molecule has 2 N–H and O–H groups in total. The second-order valence-electron chi connectivity index (χ2n) is 6.48. The van der Waals surface area contributed by atoms with Crippen LogP contribution in [0.1, 0.15) is 13.3 Å². The zero-order chi connectivity index (χ0) is 18.6. The number of piperidine rings is 1. The minimum atomic E-state index is 0.150. The molecular formula is C19H24N6O2. The number of hydrogen-bond acceptors (Lipinski definition) is 7. The van der Waals surface area contributed by atoms with E-state index >= 15 is 0 Å². The van der Waals surface area contributed by atoms with E-state index in [4.69, 9.17) is 14.5 Å². The minimum absolute atomic E-state index is 0.150. The number of fused-ring (bicyclic) bond motifs is 1. The van der Waals surface area contributed by atoms with Crippen LogP contribution >= 0.6 is 0 Å². The van der Waals surface area contributed by atoms with Crippen LogP contribution < -0.4 is 15.4 Å². The topological polar surface area (TPSA) is 86.1 Å². The molecule has 2 atom stereocenters. The summed E-state index contributed by atoms with van der Waals surface area (Å²) in [6.45, 7) is 4.38. The van der Waals surface area contributed by atoms with Gasteiger partial charge in [0.1, 0.15) is 17.9 Å². The third kappa shape index (κ3) is 3.72. The third-order valence-corrected chi connectivity index (χ3v) is 4.75. The number of anilines is 1. The number of aromatic nitrogens is 4. The van der Waals surface area contributed by atoms with E-state index in [1.54, 1.807) is 25.8 Å². The molecule has 0 aliphatic carbocycles. The molecule has 27 heavy (non-hydrogen) atoms. The molecule has 0 unspecified atom stereocenters. The smallest absolute Gasteiger partial charge is 0.159 e. The first-order chi connectivity index (χ1) is 13.3. The van der Waals surface area contributed by atoms with E-state index in [9.17, 15) is 0 Å². The van der Waals surface area contributed by atoms with Gasteiger partial charge in [0.05, 0.1) is 42.2 Å². The zero-order valence-corrected chi connectivity index (χ0v) is 15.6. The Morgan fingerprint density at radius 3 is 3.11 bits per heavy atom. The summed E-state index contributed by atoms with van der Waals surface area (Å²) in [4.78, 5) is 13.5. The van der Waals surface area contributed by atoms with Crippen LogP contribution in [0.25, 0.3) is 16.9 Å². The molecule has 4 rings (SSSR count). The summed E-state index contributed by atoms with van der Waals surface area (Å²) in [7, 11) is 1.75. The lowest BCUT2D eigenvalue weighted by Crippen LogP contribution is -2.49. The Morgan fingerprint density at radius 1 is 1.33 bits per heavy atom. The van der Waals surface area contributed by atoms with Gasteiger partial charge >= 0.3 is 0 Å². The summed E-state index contributed by atoms with van der Waals surface area (Å²) < 4.78 is 13.1. The lowest BCUT2D eigenvalue weighted by molar-refractivity contribution is 0.0664. The molecule has 1 saturated heterocycles. The van der Waals surface area contributed by atoms with Crippen molar-refractivity contribution in [3.05, 3.63) is 36.9 Å². The van der Waals surface area contributed by atoms with Crippen molar-refractivity contribution in [3.8, 4) is 11.6 Å². The van der Waals surface area contributed by atoms with E-state index in [0.29, 0.717) is 18.2 Å². The standard InChI is InChI=1S/C19H24N6O2/c1-3-27-13-4-5-14-16(8-13)25(12-22-14)19-11-21-10-18(24-19)23-15-9-20-7-6-17(15)26-2/h4-5,8,10-12,15,17,20H,3,6-7,9H2,1-2H3,(H,23,24)/t15-,17-/m0/s1. The number of hydrogen-bond donors (Lipinski definition) is 2. The Balaban J connectivity index is 1.62. The largest absolute Gasteiger partial charge is 0.494 e. The summed E-state index contributed by atoms with van der Waals surface area (Å²) in [5.74, 6) is 2.23. The number of ether oxygens (including phenoxy) is 2. The van der Waals surface area contributed by atoms with Crippen molar-refractivity contribution in [1.82, 2.24) is 24.8 Å². The van der Waals surface area contributed by atoms with Crippen molar-refractivity contribution < 1.29 is 9.47 Å². The van der Waals surface area contributed by atoms with Crippen molar-refractivity contribution >= 4 is 16.9 Å². The second-order valence-corrected chi connectivity index (χ2v) is 6.48. The molecule has 1 aromatic carbocycles. The number of nitrogens with zero attached hydrogens (tertiary/aromatic N) is 4. The summed E-state index contributed by atoms with van der Waals surface area (Å²) >= 11 is 0. The van der Waals surface area contributed by atoms with Gasteiger partial charge in [-0.1, -0.05) is 0 Å². The number of rotatable bonds is 6. The van der Waals surface area contributed by atoms with Crippen LogP contribution in [0, 0.1) is 0 Å². The molecular weight excluding hydrogens is 344 g/mol. The summed E-state index contributed by atoms with van der Waals surface area (Å²) in [6.07, 6.45) is 6.34. The predicted molar refractivity (Wildman–Crippen MR) is 104 cm³/mol. The highest BCUT2D eigenvalue weighted by Gasteiger charge is 2.25. The minimum Gasteiger partial charge on any atom is -0.494 e. The molecule has 1 fully saturated rings. The van der Waals surface area contributed by atoms with Gasteiger partial charge in [0, 0.05) is 19.7 Å². The van der Waals surface area contributed by atoms with E-state index in [0.717, 1.165) is 36.3 Å². The van der Waals surface area contributed by atoms with E-state index in [2.05, 4.69) is 20.6 Å². The number of nitrogens with one attached hydrogen (secondary N) is 2. The third-order valence-electron chi connectivity index (χ3n) is 4.75. The molecule has 0 bridgehead atoms. The van der Waals surface area contributed by atoms with Crippen LogP contribution in [0.2, 0.25) is 0 Å². The molecule has 0 radical (unpaired) electrons. The Kier molecular flexibility index (Phi) is 5.17. The van der Waals surface area contributed by atoms with Crippen LogP contribution in [-0.2, 0) is 4.74 Å². The highest BCUT2D eigenvalue weighted by atomic mass is 16.5. The van der Waals surface area contributed by atoms with Crippen LogP contribution in [0.5, 0.6) is 5.75 Å². The number of benzene rings is 1. The van der Waals surface area contributed by atoms with Gasteiger partial charge in [0.25, 0.3) is 0 Å². The first-order valence-electron chi connectivity index (χ1n) is 9.21. The Hall–Kier alpha value is -2.71. The maximum absolute atomic E-state index is 5.61. The SMILES string of the molecule is CCOc1ccc2ncn(-c3cncc(N[C@H]4CNCC[C@@H]4OC)n3)c2c1. The zero-order valence-electron chi connectivity index (χ0n) is 15.6. The van der Waals surface area contributed by atoms with Gasteiger partial charge in [-0.25, -0.2) is 9.97 Å². The van der Waals surface area contributed by atoms with Gasteiger partial charge in [-0.05, 0) is 32.0 Å². The van der Waals surface area contributed by atoms with Crippen molar-refractivity contribution in [2.45, 2.75) is 25.5 Å². The van der Waals surface area contributed by atoms with E-state index in [1.807, 2.05) is 29.7 Å². The average Bonchev–Trinajstić information content (AvgIpc) is 3.12. The maximum Gasteiger partial charge on any atom is 0.159 e. The molecule has 0 saturated carbocycles. The lowest BCUT2D eigenvalue weighted by atomic mass is 10.0. The van der Waals surface area contributed by atoms with Gasteiger partial charge in [-0.2, -0.15) is 0 Å². The molecule has 142 valence electrons. The van der Waals surface area contributed by atoms with Crippen molar-refractivity contribution in [2.75, 3.05) is 32.1 Å². The normalized spacial score (nSPS) is 19.9. The monoisotopic (exact) mass is 368 g/mol. The molecule has 1 aliphatic rings. The van der Waals surface area contributed by atoms with Crippen LogP contribution in [0.15, 0.2) is 36.9 Å². The molecule has 2 aromatic heterocycles. The number of methoxy groups -OCH3 is 1. The molecule has 8 nitrogen and oxygen atoms in total. The molecule has 3 heterocycles. The van der Waals surface area contributed by atoms with Crippen LogP contribution in [-0.4, -0.2) is 58.5 Å². The average molecular weight is 368 g/mol. The van der Waals surface area contributed by atoms with Crippen LogP contribution in [0.4, 0.5) is 5.82 Å². The fourth-order valence-corrected chi connectivity index (χ4v) is 3.42. The lowest BCUT2D eigenvalue weighted by Gasteiger charge is -2.31. The van der Waals surface area contributed by atoms with Crippen molar-refractivity contribution in [1.29, 1.82) is 0 Å². The molecule has 8 heteroatoms. The first kappa shape index (κ1) is 17.7. The number of imidazole rings is 1.